The summed E-state index contributed by atoms with van der Waals surface area (Å²) in [5.41, 5.74) is -0.109. The number of nitro benzene ring substituents is 1. The number of hydrogen-bond donors (Lipinski definition) is 0. The Hall–Kier alpha value is -3.34. The first-order valence-corrected chi connectivity index (χ1v) is 12.5. The zero-order valence-corrected chi connectivity index (χ0v) is 20.6. The Balaban J connectivity index is 1.84. The average Bonchev–Trinajstić information content (AvgIpc) is 2.78. The highest BCUT2D eigenvalue weighted by atomic mass is 32.2. The maximum Gasteiger partial charge on any atom is 0.410 e. The molecule has 0 aliphatic carbocycles. The highest BCUT2D eigenvalue weighted by Gasteiger charge is 2.31. The SMILES string of the molecule is CCN(c1ccccc1)S(=O)(=O)c1ccc(N2CCN(C(=O)OC(C)(C)C)CC2)c([N+](=O)[O-])c1. The van der Waals surface area contributed by atoms with Gasteiger partial charge in [0.2, 0.25) is 0 Å². The fourth-order valence-electron chi connectivity index (χ4n) is 3.75. The molecule has 34 heavy (non-hydrogen) atoms. The van der Waals surface area contributed by atoms with Crippen LogP contribution >= 0.6 is 0 Å². The molecule has 1 saturated heterocycles. The van der Waals surface area contributed by atoms with Crippen molar-refractivity contribution in [1.82, 2.24) is 4.90 Å². The molecule has 2 aromatic carbocycles. The van der Waals surface area contributed by atoms with Gasteiger partial charge in [0.25, 0.3) is 15.7 Å². The van der Waals surface area contributed by atoms with Crippen molar-refractivity contribution in [1.29, 1.82) is 0 Å². The van der Waals surface area contributed by atoms with Gasteiger partial charge < -0.3 is 14.5 Å². The molecule has 1 heterocycles. The Kier molecular flexibility index (Phi) is 7.35. The zero-order valence-electron chi connectivity index (χ0n) is 19.8. The monoisotopic (exact) mass is 490 g/mol. The maximum absolute atomic E-state index is 13.3. The van der Waals surface area contributed by atoms with Crippen LogP contribution in [0.2, 0.25) is 0 Å². The van der Waals surface area contributed by atoms with E-state index in [2.05, 4.69) is 0 Å². The number of piperazine rings is 1. The van der Waals surface area contributed by atoms with Crippen LogP contribution in [0, 0.1) is 10.1 Å². The molecule has 1 amide bonds. The predicted octanol–water partition coefficient (Wildman–Crippen LogP) is 3.87. The molecule has 3 rings (SSSR count). The molecule has 2 aromatic rings. The van der Waals surface area contributed by atoms with Crippen LogP contribution in [-0.4, -0.2) is 62.7 Å². The third kappa shape index (κ3) is 5.58. The van der Waals surface area contributed by atoms with Crippen LogP contribution in [-0.2, 0) is 14.8 Å². The van der Waals surface area contributed by atoms with E-state index in [4.69, 9.17) is 4.74 Å². The predicted molar refractivity (Wildman–Crippen MR) is 130 cm³/mol. The van der Waals surface area contributed by atoms with Gasteiger partial charge in [-0.1, -0.05) is 18.2 Å². The van der Waals surface area contributed by atoms with Gasteiger partial charge in [-0.25, -0.2) is 13.2 Å². The summed E-state index contributed by atoms with van der Waals surface area (Å²) in [6.07, 6.45) is -0.427. The lowest BCUT2D eigenvalue weighted by Crippen LogP contribution is -2.50. The molecule has 0 saturated carbocycles. The Morgan fingerprint density at radius 2 is 1.71 bits per heavy atom. The van der Waals surface area contributed by atoms with Crippen molar-refractivity contribution in [2.75, 3.05) is 41.9 Å². The number of anilines is 2. The van der Waals surface area contributed by atoms with E-state index in [0.717, 1.165) is 6.07 Å². The van der Waals surface area contributed by atoms with Crippen LogP contribution in [0.25, 0.3) is 0 Å². The largest absolute Gasteiger partial charge is 0.444 e. The molecule has 1 fully saturated rings. The van der Waals surface area contributed by atoms with Gasteiger partial charge in [-0.3, -0.25) is 14.4 Å². The second-order valence-corrected chi connectivity index (χ2v) is 10.7. The molecule has 10 nitrogen and oxygen atoms in total. The molecule has 0 spiro atoms. The van der Waals surface area contributed by atoms with E-state index in [1.165, 1.54) is 16.4 Å². The summed E-state index contributed by atoms with van der Waals surface area (Å²) in [4.78, 5) is 26.8. The van der Waals surface area contributed by atoms with Crippen LogP contribution in [0.15, 0.2) is 53.4 Å². The molecule has 1 aliphatic heterocycles. The minimum atomic E-state index is -4.00. The van der Waals surface area contributed by atoms with E-state index < -0.39 is 26.6 Å². The van der Waals surface area contributed by atoms with Gasteiger partial charge in [-0.15, -0.1) is 0 Å². The number of ether oxygens (including phenoxy) is 1. The number of carbonyl (C=O) groups is 1. The summed E-state index contributed by atoms with van der Waals surface area (Å²) in [5, 5.41) is 11.9. The van der Waals surface area contributed by atoms with Crippen LogP contribution < -0.4 is 9.21 Å². The van der Waals surface area contributed by atoms with Gasteiger partial charge in [-0.05, 0) is 52.0 Å². The minimum absolute atomic E-state index is 0.152. The number of hydrogen-bond acceptors (Lipinski definition) is 7. The van der Waals surface area contributed by atoms with E-state index in [0.29, 0.717) is 37.6 Å². The topological polar surface area (TPSA) is 113 Å². The lowest BCUT2D eigenvalue weighted by atomic mass is 10.2. The number of para-hydroxylation sites is 1. The normalized spacial score (nSPS) is 14.6. The summed E-state index contributed by atoms with van der Waals surface area (Å²) < 4.78 is 33.2. The number of sulfonamides is 1. The number of rotatable bonds is 6. The van der Waals surface area contributed by atoms with Gasteiger partial charge >= 0.3 is 6.09 Å². The summed E-state index contributed by atoms with van der Waals surface area (Å²) >= 11 is 0. The highest BCUT2D eigenvalue weighted by molar-refractivity contribution is 7.92. The third-order valence-corrected chi connectivity index (χ3v) is 7.23. The van der Waals surface area contributed by atoms with Crippen molar-refractivity contribution in [2.45, 2.75) is 38.2 Å². The highest BCUT2D eigenvalue weighted by Crippen LogP contribution is 2.33. The Labute approximate surface area is 199 Å². The number of amides is 1. The number of nitro groups is 1. The molecule has 184 valence electrons. The third-order valence-electron chi connectivity index (χ3n) is 5.34. The average molecular weight is 491 g/mol. The summed E-state index contributed by atoms with van der Waals surface area (Å²) in [6.45, 7) is 8.64. The van der Waals surface area contributed by atoms with E-state index in [1.807, 2.05) is 0 Å². The first-order valence-electron chi connectivity index (χ1n) is 11.0. The van der Waals surface area contributed by atoms with Crippen molar-refractivity contribution in [3.63, 3.8) is 0 Å². The Morgan fingerprint density at radius 1 is 1.09 bits per heavy atom. The Bertz CT molecular complexity index is 1140. The van der Waals surface area contributed by atoms with E-state index >= 15 is 0 Å². The molecule has 11 heteroatoms. The summed E-state index contributed by atoms with van der Waals surface area (Å²) in [6, 6.07) is 12.6. The molecule has 0 N–H and O–H groups in total. The molecule has 0 unspecified atom stereocenters. The molecular weight excluding hydrogens is 460 g/mol. The van der Waals surface area contributed by atoms with Crippen molar-refractivity contribution < 1.29 is 22.9 Å². The Morgan fingerprint density at radius 3 is 2.24 bits per heavy atom. The van der Waals surface area contributed by atoms with E-state index in [-0.39, 0.29) is 17.1 Å². The fraction of sp³-hybridized carbons (Fsp3) is 0.435. The van der Waals surface area contributed by atoms with Gasteiger partial charge in [0.1, 0.15) is 11.3 Å². The van der Waals surface area contributed by atoms with Crippen LogP contribution in [0.3, 0.4) is 0 Å². The van der Waals surface area contributed by atoms with Crippen molar-refractivity contribution in [3.8, 4) is 0 Å². The van der Waals surface area contributed by atoms with E-state index in [9.17, 15) is 23.3 Å². The fourth-order valence-corrected chi connectivity index (χ4v) is 5.24. The molecule has 0 atom stereocenters. The number of nitrogens with zero attached hydrogens (tertiary/aromatic N) is 4. The first kappa shape index (κ1) is 25.3. The van der Waals surface area contributed by atoms with Crippen molar-refractivity contribution in [2.24, 2.45) is 0 Å². The summed E-state index contributed by atoms with van der Waals surface area (Å²) in [7, 11) is -4.00. The first-order chi connectivity index (χ1) is 15.9. The van der Waals surface area contributed by atoms with Gasteiger partial charge in [0.05, 0.1) is 15.5 Å². The number of carbonyl (C=O) groups excluding carboxylic acids is 1. The smallest absolute Gasteiger partial charge is 0.410 e. The quantitative estimate of drug-likeness (QED) is 0.446. The van der Waals surface area contributed by atoms with Crippen LogP contribution in [0.5, 0.6) is 0 Å². The lowest BCUT2D eigenvalue weighted by molar-refractivity contribution is -0.384. The summed E-state index contributed by atoms with van der Waals surface area (Å²) in [5.74, 6) is 0. The zero-order chi connectivity index (χ0) is 25.1. The second-order valence-electron chi connectivity index (χ2n) is 8.87. The molecule has 1 aliphatic rings. The van der Waals surface area contributed by atoms with Gasteiger partial charge in [0, 0.05) is 38.8 Å². The molecule has 0 bridgehead atoms. The molecular formula is C23H30N4O6S. The van der Waals surface area contributed by atoms with E-state index in [1.54, 1.807) is 67.8 Å². The van der Waals surface area contributed by atoms with Gasteiger partial charge in [0.15, 0.2) is 0 Å². The second kappa shape index (κ2) is 9.88. The minimum Gasteiger partial charge on any atom is -0.444 e. The van der Waals surface area contributed by atoms with Crippen LogP contribution in [0.1, 0.15) is 27.7 Å². The van der Waals surface area contributed by atoms with Crippen molar-refractivity contribution >= 4 is 33.2 Å². The standard InChI is InChI=1S/C23H30N4O6S/c1-5-26(18-9-7-6-8-10-18)34(31,32)19-11-12-20(21(17-19)27(29)30)24-13-15-25(16-14-24)22(28)33-23(2,3)4/h6-12,17H,5,13-16H2,1-4H3. The lowest BCUT2D eigenvalue weighted by Gasteiger charge is -2.36. The van der Waals surface area contributed by atoms with Crippen LogP contribution in [0.4, 0.5) is 21.9 Å². The number of benzene rings is 2. The maximum atomic E-state index is 13.3. The molecule has 0 aromatic heterocycles. The van der Waals surface area contributed by atoms with Crippen molar-refractivity contribution in [3.05, 3.63) is 58.6 Å². The van der Waals surface area contributed by atoms with Gasteiger partial charge in [-0.2, -0.15) is 0 Å². The molecule has 0 radical (unpaired) electrons.